The summed E-state index contributed by atoms with van der Waals surface area (Å²) in [5.74, 6) is -3.38. The Morgan fingerprint density at radius 2 is 1.59 bits per heavy atom. The minimum absolute atomic E-state index is 0.168. The number of hydrogen-bond acceptors (Lipinski definition) is 4. The fourth-order valence-corrected chi connectivity index (χ4v) is 3.89. The molecule has 2 N–H and O–H groups in total. The fourth-order valence-electron chi connectivity index (χ4n) is 3.89. The Balaban J connectivity index is 1.71. The Morgan fingerprint density at radius 3 is 2.30 bits per heavy atom. The Kier molecular flexibility index (Phi) is 6.27. The number of allylic oxidation sites excluding steroid dienone is 2. The molecule has 3 rings (SSSR count). The van der Waals surface area contributed by atoms with Crippen LogP contribution in [0, 0.1) is 11.8 Å². The molecule has 0 aliphatic heterocycles. The van der Waals surface area contributed by atoms with Gasteiger partial charge in [0, 0.05) is 17.9 Å². The summed E-state index contributed by atoms with van der Waals surface area (Å²) in [5, 5.41) is 17.1. The van der Waals surface area contributed by atoms with Crippen molar-refractivity contribution < 1.29 is 19.5 Å². The molecule has 1 fully saturated rings. The van der Waals surface area contributed by atoms with E-state index in [1.807, 2.05) is 6.08 Å². The summed E-state index contributed by atoms with van der Waals surface area (Å²) in [5.41, 5.74) is 0.801. The molecule has 27 heavy (non-hydrogen) atoms. The van der Waals surface area contributed by atoms with Crippen molar-refractivity contribution in [3.05, 3.63) is 42.0 Å². The van der Waals surface area contributed by atoms with Crippen LogP contribution in [0.4, 0.5) is 5.69 Å². The number of nitrogens with one attached hydrogen (secondary N) is 2. The maximum absolute atomic E-state index is 12.7. The van der Waals surface area contributed by atoms with Crippen LogP contribution < -0.4 is 15.7 Å². The first-order chi connectivity index (χ1) is 13.1. The van der Waals surface area contributed by atoms with E-state index in [1.165, 1.54) is 6.42 Å². The lowest BCUT2D eigenvalue weighted by Crippen LogP contribution is -2.42. The predicted octanol–water partition coefficient (Wildman–Crippen LogP) is 2.02. The number of amides is 2. The summed E-state index contributed by atoms with van der Waals surface area (Å²) in [6, 6.07) is 6.99. The highest BCUT2D eigenvalue weighted by atomic mass is 16.4. The average Bonchev–Trinajstić information content (AvgIpc) is 2.69. The number of aliphatic carboxylic acids is 1. The molecular weight excluding hydrogens is 344 g/mol. The van der Waals surface area contributed by atoms with Crippen LogP contribution in [0.3, 0.4) is 0 Å². The van der Waals surface area contributed by atoms with E-state index in [1.54, 1.807) is 30.3 Å². The van der Waals surface area contributed by atoms with Gasteiger partial charge >= 0.3 is 0 Å². The molecule has 0 spiro atoms. The van der Waals surface area contributed by atoms with Crippen LogP contribution in [0.15, 0.2) is 36.4 Å². The molecule has 2 aliphatic rings. The van der Waals surface area contributed by atoms with Crippen molar-refractivity contribution in [2.75, 3.05) is 5.32 Å². The quantitative estimate of drug-likeness (QED) is 0.776. The van der Waals surface area contributed by atoms with E-state index in [0.717, 1.165) is 25.7 Å². The second-order valence-corrected chi connectivity index (χ2v) is 7.32. The second-order valence-electron chi connectivity index (χ2n) is 7.32. The number of carboxylic acids is 1. The molecule has 6 nitrogen and oxygen atoms in total. The average molecular weight is 369 g/mol. The minimum Gasteiger partial charge on any atom is -0.550 e. The summed E-state index contributed by atoms with van der Waals surface area (Å²) in [6.45, 7) is 0. The number of rotatable bonds is 5. The Bertz CT molecular complexity index is 737. The lowest BCUT2D eigenvalue weighted by atomic mass is 9.82. The number of benzene rings is 1. The van der Waals surface area contributed by atoms with Crippen LogP contribution in [0.2, 0.25) is 0 Å². The second kappa shape index (κ2) is 8.84. The summed E-state index contributed by atoms with van der Waals surface area (Å²) in [7, 11) is 0. The third-order valence-electron chi connectivity index (χ3n) is 5.44. The van der Waals surface area contributed by atoms with Crippen LogP contribution in [0.5, 0.6) is 0 Å². The lowest BCUT2D eigenvalue weighted by Gasteiger charge is -2.28. The number of carbonyl (C=O) groups is 3. The van der Waals surface area contributed by atoms with Crippen LogP contribution in [-0.2, 0) is 9.59 Å². The molecule has 2 aliphatic carbocycles. The normalized spacial score (nSPS) is 22.8. The maximum atomic E-state index is 12.7. The molecule has 0 bridgehead atoms. The molecule has 2 atom stereocenters. The van der Waals surface area contributed by atoms with Gasteiger partial charge in [-0.2, -0.15) is 0 Å². The van der Waals surface area contributed by atoms with Gasteiger partial charge in [-0.1, -0.05) is 43.5 Å². The molecule has 1 saturated carbocycles. The number of anilines is 1. The van der Waals surface area contributed by atoms with Crippen molar-refractivity contribution in [3.8, 4) is 0 Å². The summed E-state index contributed by atoms with van der Waals surface area (Å²) in [4.78, 5) is 36.7. The molecule has 1 aromatic rings. The predicted molar refractivity (Wildman–Crippen MR) is 99.8 cm³/mol. The topological polar surface area (TPSA) is 98.3 Å². The van der Waals surface area contributed by atoms with Gasteiger partial charge < -0.3 is 20.5 Å². The Labute approximate surface area is 159 Å². The maximum Gasteiger partial charge on any atom is 0.253 e. The fraction of sp³-hybridized carbons (Fsp3) is 0.476. The van der Waals surface area contributed by atoms with Crippen molar-refractivity contribution >= 4 is 23.5 Å². The van der Waals surface area contributed by atoms with E-state index < -0.39 is 23.7 Å². The first-order valence-corrected chi connectivity index (χ1v) is 9.63. The van der Waals surface area contributed by atoms with E-state index in [2.05, 4.69) is 10.6 Å². The van der Waals surface area contributed by atoms with Gasteiger partial charge in [0.2, 0.25) is 5.91 Å². The summed E-state index contributed by atoms with van der Waals surface area (Å²) < 4.78 is 0. The minimum atomic E-state index is -1.22. The molecule has 0 heterocycles. The molecule has 0 saturated heterocycles. The van der Waals surface area contributed by atoms with Gasteiger partial charge in [-0.05, 0) is 37.8 Å². The van der Waals surface area contributed by atoms with Gasteiger partial charge in [-0.15, -0.1) is 0 Å². The number of carbonyl (C=O) groups excluding carboxylic acids is 3. The van der Waals surface area contributed by atoms with Gasteiger partial charge in [-0.3, -0.25) is 9.59 Å². The molecule has 1 aromatic carbocycles. The van der Waals surface area contributed by atoms with E-state index in [-0.39, 0.29) is 18.4 Å². The van der Waals surface area contributed by atoms with Crippen LogP contribution >= 0.6 is 0 Å². The van der Waals surface area contributed by atoms with Gasteiger partial charge in [0.05, 0.1) is 17.2 Å². The van der Waals surface area contributed by atoms with Crippen LogP contribution in [-0.4, -0.2) is 23.8 Å². The van der Waals surface area contributed by atoms with E-state index in [0.29, 0.717) is 17.7 Å². The van der Waals surface area contributed by atoms with E-state index in [4.69, 9.17) is 0 Å². The van der Waals surface area contributed by atoms with Crippen LogP contribution in [0.1, 0.15) is 55.3 Å². The zero-order chi connectivity index (χ0) is 19.2. The highest BCUT2D eigenvalue weighted by Crippen LogP contribution is 2.27. The van der Waals surface area contributed by atoms with Gasteiger partial charge in [0.1, 0.15) is 0 Å². The zero-order valence-corrected chi connectivity index (χ0v) is 15.3. The van der Waals surface area contributed by atoms with Crippen molar-refractivity contribution in [2.45, 2.75) is 51.0 Å². The van der Waals surface area contributed by atoms with E-state index >= 15 is 0 Å². The highest BCUT2D eigenvalue weighted by Gasteiger charge is 2.30. The molecule has 0 aromatic heterocycles. The van der Waals surface area contributed by atoms with Crippen molar-refractivity contribution in [2.24, 2.45) is 11.8 Å². The van der Waals surface area contributed by atoms with Gasteiger partial charge in [0.25, 0.3) is 5.91 Å². The number of hydrogen-bond donors (Lipinski definition) is 2. The smallest absolute Gasteiger partial charge is 0.253 e. The van der Waals surface area contributed by atoms with Gasteiger partial charge in [-0.25, -0.2) is 0 Å². The Hall–Kier alpha value is -2.63. The lowest BCUT2D eigenvalue weighted by molar-refractivity contribution is -0.313. The molecule has 144 valence electrons. The monoisotopic (exact) mass is 369 g/mol. The SMILES string of the molecule is O=C(NC1CCCCC1)c1ccccc1NC(=O)[C@@H]1CC=CC[C@H]1C(=O)[O-]. The Morgan fingerprint density at radius 1 is 0.926 bits per heavy atom. The zero-order valence-electron chi connectivity index (χ0n) is 15.3. The first kappa shape index (κ1) is 19.1. The van der Waals surface area contributed by atoms with Crippen molar-refractivity contribution in [1.29, 1.82) is 0 Å². The van der Waals surface area contributed by atoms with Gasteiger partial charge in [0.15, 0.2) is 0 Å². The largest absolute Gasteiger partial charge is 0.550 e. The third kappa shape index (κ3) is 4.76. The standard InChI is InChI=1S/C21H26N2O4/c24-19(15-10-4-5-11-16(15)21(26)27)23-18-13-7-6-12-17(18)20(25)22-14-8-2-1-3-9-14/h4-7,12-16H,1-3,8-11H2,(H,22,25)(H,23,24)(H,26,27)/p-1/t15-,16-/m1/s1. The van der Waals surface area contributed by atoms with Crippen molar-refractivity contribution in [3.63, 3.8) is 0 Å². The van der Waals surface area contributed by atoms with E-state index in [9.17, 15) is 19.5 Å². The number of para-hydroxylation sites is 1. The van der Waals surface area contributed by atoms with Crippen LogP contribution in [0.25, 0.3) is 0 Å². The summed E-state index contributed by atoms with van der Waals surface area (Å²) in [6.07, 6.45) is 9.58. The van der Waals surface area contributed by atoms with Crippen molar-refractivity contribution in [1.82, 2.24) is 5.32 Å². The molecule has 2 amide bonds. The molecular formula is C21H25N2O4-. The number of carboxylic acid groups (broad SMARTS) is 1. The molecule has 0 unspecified atom stereocenters. The third-order valence-corrected chi connectivity index (χ3v) is 5.44. The first-order valence-electron chi connectivity index (χ1n) is 9.63. The highest BCUT2D eigenvalue weighted by molar-refractivity contribution is 6.04. The molecule has 0 radical (unpaired) electrons. The summed E-state index contributed by atoms with van der Waals surface area (Å²) >= 11 is 0. The molecule has 6 heteroatoms.